The minimum atomic E-state index is -0.200. The van der Waals surface area contributed by atoms with Crippen LogP contribution in [0.2, 0.25) is 0 Å². The number of rotatable bonds is 6. The summed E-state index contributed by atoms with van der Waals surface area (Å²) in [6.07, 6.45) is 0. The maximum absolute atomic E-state index is 13.3. The standard InChI is InChI=1S/C19H32FN5.HI/c1-5-24-9-11-25(12-10-24)16(2)14-22-19(21-3)23(4)15-17-7-6-8-18(20)13-17;/h6-8,13,16H,5,9-12,14-15H2,1-4H3,(H,21,22);1H. The fourth-order valence-electron chi connectivity index (χ4n) is 3.26. The summed E-state index contributed by atoms with van der Waals surface area (Å²) in [5, 5.41) is 3.45. The Hall–Kier alpha value is -0.930. The van der Waals surface area contributed by atoms with Crippen molar-refractivity contribution in [2.24, 2.45) is 4.99 Å². The van der Waals surface area contributed by atoms with Crippen molar-refractivity contribution in [2.75, 3.05) is 53.4 Å². The van der Waals surface area contributed by atoms with Gasteiger partial charge in [0.05, 0.1) is 0 Å². The second kappa shape index (κ2) is 11.7. The SMILES string of the molecule is CCN1CCN(C(C)CNC(=NC)N(C)Cc2cccc(F)c2)CC1.I. The summed E-state index contributed by atoms with van der Waals surface area (Å²) in [6, 6.07) is 7.17. The molecule has 1 aliphatic heterocycles. The maximum atomic E-state index is 13.3. The van der Waals surface area contributed by atoms with Crippen molar-refractivity contribution in [3.8, 4) is 0 Å². The molecule has 1 fully saturated rings. The van der Waals surface area contributed by atoms with Gasteiger partial charge in [0.2, 0.25) is 0 Å². The smallest absolute Gasteiger partial charge is 0.193 e. The van der Waals surface area contributed by atoms with Gasteiger partial charge >= 0.3 is 0 Å². The average Bonchev–Trinajstić information content (AvgIpc) is 2.62. The summed E-state index contributed by atoms with van der Waals surface area (Å²) in [5.74, 6) is 0.636. The zero-order valence-corrected chi connectivity index (χ0v) is 18.7. The Bertz CT molecular complexity index is 561. The summed E-state index contributed by atoms with van der Waals surface area (Å²) in [5.41, 5.74) is 0.939. The summed E-state index contributed by atoms with van der Waals surface area (Å²) in [4.78, 5) is 11.4. The number of nitrogens with one attached hydrogen (secondary N) is 1. The third-order valence-electron chi connectivity index (χ3n) is 4.92. The second-order valence-electron chi connectivity index (χ2n) is 6.73. The number of hydrogen-bond acceptors (Lipinski definition) is 3. The first-order valence-corrected chi connectivity index (χ1v) is 9.16. The van der Waals surface area contributed by atoms with Gasteiger partial charge in [-0.1, -0.05) is 19.1 Å². The third kappa shape index (κ3) is 7.00. The van der Waals surface area contributed by atoms with E-state index in [1.807, 2.05) is 18.0 Å². The zero-order chi connectivity index (χ0) is 18.2. The molecule has 7 heteroatoms. The van der Waals surface area contributed by atoms with Crippen LogP contribution >= 0.6 is 24.0 Å². The van der Waals surface area contributed by atoms with Crippen molar-refractivity contribution >= 4 is 29.9 Å². The molecule has 5 nitrogen and oxygen atoms in total. The van der Waals surface area contributed by atoms with Gasteiger partial charge in [0.1, 0.15) is 5.82 Å². The number of likely N-dealkylation sites (N-methyl/N-ethyl adjacent to an activating group) is 1. The van der Waals surface area contributed by atoms with Gasteiger partial charge in [-0.2, -0.15) is 0 Å². The first kappa shape index (κ1) is 23.1. The summed E-state index contributed by atoms with van der Waals surface area (Å²) >= 11 is 0. The second-order valence-corrected chi connectivity index (χ2v) is 6.73. The highest BCUT2D eigenvalue weighted by Gasteiger charge is 2.20. The van der Waals surface area contributed by atoms with Gasteiger partial charge in [0.15, 0.2) is 5.96 Å². The lowest BCUT2D eigenvalue weighted by Crippen LogP contribution is -2.53. The molecular formula is C19H33FIN5. The molecule has 0 spiro atoms. The number of nitrogens with zero attached hydrogens (tertiary/aromatic N) is 4. The molecule has 1 aliphatic rings. The predicted octanol–water partition coefficient (Wildman–Crippen LogP) is 2.48. The van der Waals surface area contributed by atoms with Gasteiger partial charge in [-0.3, -0.25) is 9.89 Å². The van der Waals surface area contributed by atoms with Gasteiger partial charge in [-0.25, -0.2) is 4.39 Å². The van der Waals surface area contributed by atoms with E-state index in [0.717, 1.165) is 50.8 Å². The third-order valence-corrected chi connectivity index (χ3v) is 4.92. The normalized spacial score (nSPS) is 17.5. The van der Waals surface area contributed by atoms with E-state index in [1.165, 1.54) is 6.07 Å². The summed E-state index contributed by atoms with van der Waals surface area (Å²) in [7, 11) is 3.76. The molecule has 148 valence electrons. The molecule has 1 atom stereocenters. The summed E-state index contributed by atoms with van der Waals surface area (Å²) < 4.78 is 13.3. The first-order chi connectivity index (χ1) is 12.0. The molecule has 0 saturated carbocycles. The van der Waals surface area contributed by atoms with Gasteiger partial charge in [-0.15, -0.1) is 24.0 Å². The molecule has 1 heterocycles. The highest BCUT2D eigenvalue weighted by molar-refractivity contribution is 14.0. The Morgan fingerprint density at radius 1 is 1.31 bits per heavy atom. The van der Waals surface area contributed by atoms with E-state index in [9.17, 15) is 4.39 Å². The molecular weight excluding hydrogens is 444 g/mol. The van der Waals surface area contributed by atoms with Crippen molar-refractivity contribution in [1.82, 2.24) is 20.0 Å². The van der Waals surface area contributed by atoms with E-state index < -0.39 is 0 Å². The van der Waals surface area contributed by atoms with E-state index in [0.29, 0.717) is 12.6 Å². The van der Waals surface area contributed by atoms with E-state index >= 15 is 0 Å². The largest absolute Gasteiger partial charge is 0.355 e. The molecule has 26 heavy (non-hydrogen) atoms. The number of halogens is 2. The van der Waals surface area contributed by atoms with E-state index in [2.05, 4.69) is 34.0 Å². The summed E-state index contributed by atoms with van der Waals surface area (Å²) in [6.45, 7) is 11.6. The lowest BCUT2D eigenvalue weighted by atomic mass is 10.2. The van der Waals surface area contributed by atoms with Crippen molar-refractivity contribution in [3.63, 3.8) is 0 Å². The minimum absolute atomic E-state index is 0. The van der Waals surface area contributed by atoms with Crippen molar-refractivity contribution in [1.29, 1.82) is 0 Å². The molecule has 0 radical (unpaired) electrons. The molecule has 2 rings (SSSR count). The predicted molar refractivity (Wildman–Crippen MR) is 118 cm³/mol. The molecule has 1 saturated heterocycles. The van der Waals surface area contributed by atoms with E-state index in [4.69, 9.17) is 0 Å². The van der Waals surface area contributed by atoms with Crippen LogP contribution in [0, 0.1) is 5.82 Å². The van der Waals surface area contributed by atoms with Crippen LogP contribution in [0.3, 0.4) is 0 Å². The van der Waals surface area contributed by atoms with Crippen LogP contribution in [0.4, 0.5) is 4.39 Å². The Morgan fingerprint density at radius 3 is 2.58 bits per heavy atom. The topological polar surface area (TPSA) is 34.1 Å². The van der Waals surface area contributed by atoms with Gasteiger partial charge < -0.3 is 15.1 Å². The molecule has 1 unspecified atom stereocenters. The fourth-order valence-corrected chi connectivity index (χ4v) is 3.26. The van der Waals surface area contributed by atoms with Crippen LogP contribution < -0.4 is 5.32 Å². The van der Waals surface area contributed by atoms with Crippen LogP contribution in [-0.2, 0) is 6.54 Å². The van der Waals surface area contributed by atoms with Crippen LogP contribution in [0.25, 0.3) is 0 Å². The van der Waals surface area contributed by atoms with Crippen molar-refractivity contribution in [3.05, 3.63) is 35.6 Å². The Morgan fingerprint density at radius 2 is 2.00 bits per heavy atom. The molecule has 0 amide bonds. The van der Waals surface area contributed by atoms with Crippen LogP contribution in [0.15, 0.2) is 29.3 Å². The van der Waals surface area contributed by atoms with Gasteiger partial charge in [-0.05, 0) is 31.2 Å². The van der Waals surface area contributed by atoms with Crippen LogP contribution in [0.1, 0.15) is 19.4 Å². The molecule has 1 aromatic carbocycles. The highest BCUT2D eigenvalue weighted by atomic mass is 127. The fraction of sp³-hybridized carbons (Fsp3) is 0.632. The molecule has 1 aromatic rings. The average molecular weight is 477 g/mol. The quantitative estimate of drug-likeness (QED) is 0.388. The lowest BCUT2D eigenvalue weighted by molar-refractivity contribution is 0.107. The van der Waals surface area contributed by atoms with E-state index in [-0.39, 0.29) is 29.8 Å². The Kier molecular flexibility index (Phi) is 10.4. The molecule has 0 bridgehead atoms. The number of benzene rings is 1. The van der Waals surface area contributed by atoms with Gasteiger partial charge in [0.25, 0.3) is 0 Å². The molecule has 0 aromatic heterocycles. The monoisotopic (exact) mass is 477 g/mol. The lowest BCUT2D eigenvalue weighted by Gasteiger charge is -2.38. The number of guanidine groups is 1. The van der Waals surface area contributed by atoms with Gasteiger partial charge in [0, 0.05) is 59.4 Å². The Balaban J connectivity index is 0.00000338. The van der Waals surface area contributed by atoms with Crippen molar-refractivity contribution in [2.45, 2.75) is 26.4 Å². The number of hydrogen-bond donors (Lipinski definition) is 1. The van der Waals surface area contributed by atoms with Crippen LogP contribution in [-0.4, -0.2) is 80.1 Å². The number of piperazine rings is 1. The van der Waals surface area contributed by atoms with Crippen molar-refractivity contribution < 1.29 is 4.39 Å². The zero-order valence-electron chi connectivity index (χ0n) is 16.4. The first-order valence-electron chi connectivity index (χ1n) is 9.16. The molecule has 1 N–H and O–H groups in total. The van der Waals surface area contributed by atoms with E-state index in [1.54, 1.807) is 19.2 Å². The highest BCUT2D eigenvalue weighted by Crippen LogP contribution is 2.08. The Labute approximate surface area is 174 Å². The maximum Gasteiger partial charge on any atom is 0.193 e. The number of aliphatic imine (C=N–C) groups is 1. The molecule has 0 aliphatic carbocycles. The van der Waals surface area contributed by atoms with Crippen LogP contribution in [0.5, 0.6) is 0 Å². The minimum Gasteiger partial charge on any atom is -0.355 e.